The molecule has 1 N–H and O–H groups in total. The van der Waals surface area contributed by atoms with Crippen LogP contribution in [0.2, 0.25) is 5.02 Å². The summed E-state index contributed by atoms with van der Waals surface area (Å²) < 4.78 is 2.02. The molecule has 2 heterocycles. The molecule has 0 radical (unpaired) electrons. The lowest BCUT2D eigenvalue weighted by atomic mass is 10.1. The molecular weight excluding hydrogens is 354 g/mol. The molecule has 4 aromatic rings. The molecule has 0 unspecified atom stereocenters. The highest BCUT2D eigenvalue weighted by molar-refractivity contribution is 6.30. The molecule has 0 fully saturated rings. The van der Waals surface area contributed by atoms with Gasteiger partial charge >= 0.3 is 0 Å². The van der Waals surface area contributed by atoms with Crippen molar-refractivity contribution in [2.75, 3.05) is 5.32 Å². The van der Waals surface area contributed by atoms with Crippen molar-refractivity contribution in [1.82, 2.24) is 9.38 Å². The minimum Gasteiger partial charge on any atom is -0.365 e. The molecule has 3 nitrogen and oxygen atoms in total. The number of hydrogen-bond donors (Lipinski definition) is 1. The number of nitrogens with one attached hydrogen (secondary N) is 1. The first kappa shape index (κ1) is 17.4. The van der Waals surface area contributed by atoms with E-state index in [4.69, 9.17) is 16.6 Å². The van der Waals surface area contributed by atoms with Crippen molar-refractivity contribution in [3.63, 3.8) is 0 Å². The number of pyridine rings is 1. The third kappa shape index (κ3) is 3.88. The van der Waals surface area contributed by atoms with E-state index in [1.807, 2.05) is 59.1 Å². The number of hydrogen-bond acceptors (Lipinski definition) is 2. The van der Waals surface area contributed by atoms with Crippen LogP contribution in [-0.2, 0) is 6.54 Å². The lowest BCUT2D eigenvalue weighted by molar-refractivity contribution is 1.08. The fourth-order valence-corrected chi connectivity index (χ4v) is 3.27. The maximum Gasteiger partial charge on any atom is 0.139 e. The van der Waals surface area contributed by atoms with Gasteiger partial charge in [-0.3, -0.25) is 4.40 Å². The second-order valence-corrected chi connectivity index (χ2v) is 6.90. The van der Waals surface area contributed by atoms with E-state index in [1.54, 1.807) is 0 Å². The van der Waals surface area contributed by atoms with Crippen molar-refractivity contribution in [3.05, 3.63) is 101 Å². The summed E-state index contributed by atoms with van der Waals surface area (Å²) >= 11 is 6.24. The average Bonchev–Trinajstić information content (AvgIpc) is 3.06. The first-order valence-electron chi connectivity index (χ1n) is 8.90. The zero-order valence-corrected chi connectivity index (χ0v) is 15.8. The van der Waals surface area contributed by atoms with Gasteiger partial charge in [-0.25, -0.2) is 4.98 Å². The molecule has 0 saturated heterocycles. The Morgan fingerprint density at radius 2 is 1.70 bits per heavy atom. The Morgan fingerprint density at radius 3 is 2.44 bits per heavy atom. The van der Waals surface area contributed by atoms with E-state index in [2.05, 4.69) is 42.6 Å². The highest BCUT2D eigenvalue weighted by Crippen LogP contribution is 2.28. The molecule has 0 aliphatic carbocycles. The SMILES string of the molecule is CC(=Cc1ccccc1)c1nc2ccc(Cl)cn2c1NCc1ccccc1. The van der Waals surface area contributed by atoms with Crippen molar-refractivity contribution in [2.45, 2.75) is 13.5 Å². The summed E-state index contributed by atoms with van der Waals surface area (Å²) in [4.78, 5) is 4.84. The lowest BCUT2D eigenvalue weighted by Crippen LogP contribution is -2.04. The van der Waals surface area contributed by atoms with E-state index < -0.39 is 0 Å². The average molecular weight is 374 g/mol. The summed E-state index contributed by atoms with van der Waals surface area (Å²) in [5.41, 5.74) is 5.25. The van der Waals surface area contributed by atoms with Crippen LogP contribution >= 0.6 is 11.6 Å². The molecule has 27 heavy (non-hydrogen) atoms. The Kier molecular flexibility index (Phi) is 4.95. The minimum absolute atomic E-state index is 0.680. The molecule has 0 atom stereocenters. The fourth-order valence-electron chi connectivity index (χ4n) is 3.11. The molecule has 0 spiro atoms. The van der Waals surface area contributed by atoms with Crippen LogP contribution in [0.25, 0.3) is 17.3 Å². The van der Waals surface area contributed by atoms with Gasteiger partial charge in [0.15, 0.2) is 0 Å². The number of aromatic nitrogens is 2. The zero-order valence-electron chi connectivity index (χ0n) is 15.1. The van der Waals surface area contributed by atoms with Crippen LogP contribution in [0.4, 0.5) is 5.82 Å². The van der Waals surface area contributed by atoms with Crippen molar-refractivity contribution in [2.24, 2.45) is 0 Å². The van der Waals surface area contributed by atoms with E-state index >= 15 is 0 Å². The molecule has 4 rings (SSSR count). The van der Waals surface area contributed by atoms with Crippen LogP contribution < -0.4 is 5.32 Å². The van der Waals surface area contributed by atoms with Crippen molar-refractivity contribution < 1.29 is 0 Å². The normalized spacial score (nSPS) is 11.7. The summed E-state index contributed by atoms with van der Waals surface area (Å²) in [7, 11) is 0. The third-order valence-electron chi connectivity index (χ3n) is 4.44. The van der Waals surface area contributed by atoms with Crippen LogP contribution in [0.1, 0.15) is 23.7 Å². The standard InChI is InChI=1S/C23H20ClN3/c1-17(14-18-8-4-2-5-9-18)22-23(25-15-19-10-6-3-7-11-19)27-16-20(24)12-13-21(27)26-22/h2-14,16,25H,15H2,1H3. The summed E-state index contributed by atoms with van der Waals surface area (Å²) in [6.07, 6.45) is 4.05. The van der Waals surface area contributed by atoms with Crippen LogP contribution in [-0.4, -0.2) is 9.38 Å². The van der Waals surface area contributed by atoms with Crippen LogP contribution in [0.15, 0.2) is 79.0 Å². The molecule has 134 valence electrons. The van der Waals surface area contributed by atoms with E-state index in [0.29, 0.717) is 11.6 Å². The monoisotopic (exact) mass is 373 g/mol. The smallest absolute Gasteiger partial charge is 0.139 e. The number of anilines is 1. The number of halogens is 1. The molecule has 0 bridgehead atoms. The van der Waals surface area contributed by atoms with Gasteiger partial charge in [0.2, 0.25) is 0 Å². The molecule has 0 aliphatic heterocycles. The Bertz CT molecular complexity index is 1080. The van der Waals surface area contributed by atoms with Gasteiger partial charge < -0.3 is 5.32 Å². The van der Waals surface area contributed by atoms with Gasteiger partial charge in [0.05, 0.1) is 5.02 Å². The van der Waals surface area contributed by atoms with Crippen LogP contribution in [0.5, 0.6) is 0 Å². The van der Waals surface area contributed by atoms with Crippen LogP contribution in [0.3, 0.4) is 0 Å². The number of benzene rings is 2. The maximum absolute atomic E-state index is 6.24. The summed E-state index contributed by atoms with van der Waals surface area (Å²) in [5, 5.41) is 4.23. The summed E-state index contributed by atoms with van der Waals surface area (Å²) in [6, 6.07) is 24.4. The second kappa shape index (κ2) is 7.68. The number of nitrogens with zero attached hydrogens (tertiary/aromatic N) is 2. The van der Waals surface area contributed by atoms with E-state index in [0.717, 1.165) is 28.3 Å². The molecular formula is C23H20ClN3. The van der Waals surface area contributed by atoms with Crippen molar-refractivity contribution in [1.29, 1.82) is 0 Å². The van der Waals surface area contributed by atoms with Gasteiger partial charge in [0, 0.05) is 12.7 Å². The third-order valence-corrected chi connectivity index (χ3v) is 4.67. The molecule has 2 aromatic carbocycles. The number of fused-ring (bicyclic) bond motifs is 1. The van der Waals surface area contributed by atoms with Gasteiger partial charge in [0.1, 0.15) is 17.2 Å². The van der Waals surface area contributed by atoms with Gasteiger partial charge in [-0.05, 0) is 41.8 Å². The first-order chi connectivity index (χ1) is 13.2. The zero-order chi connectivity index (χ0) is 18.6. The minimum atomic E-state index is 0.680. The van der Waals surface area contributed by atoms with Crippen molar-refractivity contribution >= 4 is 34.7 Å². The fraction of sp³-hybridized carbons (Fsp3) is 0.0870. The Hall–Kier alpha value is -3.04. The van der Waals surface area contributed by atoms with E-state index in [1.165, 1.54) is 5.56 Å². The highest BCUT2D eigenvalue weighted by atomic mass is 35.5. The first-order valence-corrected chi connectivity index (χ1v) is 9.27. The number of rotatable bonds is 5. The predicted molar refractivity (Wildman–Crippen MR) is 114 cm³/mol. The predicted octanol–water partition coefficient (Wildman–Crippen LogP) is 6.16. The molecule has 4 heteroatoms. The van der Waals surface area contributed by atoms with E-state index in [-0.39, 0.29) is 0 Å². The maximum atomic E-state index is 6.24. The topological polar surface area (TPSA) is 29.3 Å². The molecule has 0 aliphatic rings. The summed E-state index contributed by atoms with van der Waals surface area (Å²) in [5.74, 6) is 0.945. The van der Waals surface area contributed by atoms with Gasteiger partial charge in [-0.2, -0.15) is 0 Å². The second-order valence-electron chi connectivity index (χ2n) is 6.46. The number of imidazole rings is 1. The molecule has 0 saturated carbocycles. The lowest BCUT2D eigenvalue weighted by Gasteiger charge is -2.09. The summed E-state index contributed by atoms with van der Waals surface area (Å²) in [6.45, 7) is 2.80. The molecule has 2 aromatic heterocycles. The number of allylic oxidation sites excluding steroid dienone is 1. The quantitative estimate of drug-likeness (QED) is 0.454. The Morgan fingerprint density at radius 1 is 1.00 bits per heavy atom. The Labute approximate surface area is 164 Å². The largest absolute Gasteiger partial charge is 0.365 e. The molecule has 0 amide bonds. The van der Waals surface area contributed by atoms with Crippen LogP contribution in [0, 0.1) is 0 Å². The van der Waals surface area contributed by atoms with Gasteiger partial charge in [-0.1, -0.05) is 72.3 Å². The van der Waals surface area contributed by atoms with Crippen molar-refractivity contribution in [3.8, 4) is 0 Å². The van der Waals surface area contributed by atoms with Gasteiger partial charge in [0.25, 0.3) is 0 Å². The Balaban J connectivity index is 1.76. The highest BCUT2D eigenvalue weighted by Gasteiger charge is 2.14. The van der Waals surface area contributed by atoms with E-state index in [9.17, 15) is 0 Å². The van der Waals surface area contributed by atoms with Gasteiger partial charge in [-0.15, -0.1) is 0 Å².